The first kappa shape index (κ1) is 10.1. The Labute approximate surface area is 81.2 Å². The summed E-state index contributed by atoms with van der Waals surface area (Å²) >= 11 is 0. The van der Waals surface area contributed by atoms with Crippen LogP contribution in [-0.2, 0) is 5.41 Å². The van der Waals surface area contributed by atoms with E-state index in [-0.39, 0.29) is 5.41 Å². The molecule has 1 aromatic rings. The van der Waals surface area contributed by atoms with Crippen molar-refractivity contribution >= 4 is 5.69 Å². The van der Waals surface area contributed by atoms with Gasteiger partial charge in [-0.1, -0.05) is 26.8 Å². The molecule has 0 spiro atoms. The molecule has 0 atom stereocenters. The Kier molecular flexibility index (Phi) is 2.65. The highest BCUT2D eigenvalue weighted by atomic mass is 14.8. The lowest BCUT2D eigenvalue weighted by atomic mass is 9.84. The Bertz CT molecular complexity index is 294. The molecule has 13 heavy (non-hydrogen) atoms. The van der Waals surface area contributed by atoms with Crippen LogP contribution in [0.15, 0.2) is 18.2 Å². The van der Waals surface area contributed by atoms with Crippen LogP contribution >= 0.6 is 0 Å². The zero-order valence-electron chi connectivity index (χ0n) is 9.23. The minimum absolute atomic E-state index is 0.233. The average Bonchev–Trinajstić information content (AvgIpc) is 2.03. The van der Waals surface area contributed by atoms with Crippen molar-refractivity contribution in [3.63, 3.8) is 0 Å². The summed E-state index contributed by atoms with van der Waals surface area (Å²) < 4.78 is 0. The van der Waals surface area contributed by atoms with Crippen molar-refractivity contribution in [1.82, 2.24) is 0 Å². The molecule has 0 aliphatic rings. The Hall–Kier alpha value is -0.980. The lowest BCUT2D eigenvalue weighted by molar-refractivity contribution is 0.586. The summed E-state index contributed by atoms with van der Waals surface area (Å²) in [5.41, 5.74) is 4.21. The minimum Gasteiger partial charge on any atom is -0.388 e. The molecule has 1 rings (SSSR count). The summed E-state index contributed by atoms with van der Waals surface area (Å²) in [7, 11) is 1.96. The number of rotatable bonds is 1. The molecule has 0 unspecified atom stereocenters. The molecule has 0 saturated carbocycles. The van der Waals surface area contributed by atoms with E-state index in [1.54, 1.807) is 0 Å². The van der Waals surface area contributed by atoms with Gasteiger partial charge in [-0.2, -0.15) is 0 Å². The van der Waals surface area contributed by atoms with E-state index in [0.29, 0.717) is 0 Å². The number of aryl methyl sites for hydroxylation is 1. The van der Waals surface area contributed by atoms with E-state index in [1.807, 2.05) is 7.05 Å². The van der Waals surface area contributed by atoms with Gasteiger partial charge in [0.15, 0.2) is 0 Å². The first-order valence-corrected chi connectivity index (χ1v) is 4.74. The van der Waals surface area contributed by atoms with E-state index in [4.69, 9.17) is 0 Å². The molecule has 72 valence electrons. The summed E-state index contributed by atoms with van der Waals surface area (Å²) in [6.07, 6.45) is 0. The maximum Gasteiger partial charge on any atom is 0.0340 e. The lowest BCUT2D eigenvalue weighted by Gasteiger charge is -2.22. The van der Waals surface area contributed by atoms with E-state index < -0.39 is 0 Å². The van der Waals surface area contributed by atoms with Gasteiger partial charge in [0, 0.05) is 12.7 Å². The molecule has 0 amide bonds. The maximum atomic E-state index is 3.17. The molecule has 1 N–H and O–H groups in total. The zero-order chi connectivity index (χ0) is 10.1. The quantitative estimate of drug-likeness (QED) is 0.693. The van der Waals surface area contributed by atoms with E-state index in [0.717, 1.165) is 0 Å². The van der Waals surface area contributed by atoms with Gasteiger partial charge in [-0.15, -0.1) is 0 Å². The first-order valence-electron chi connectivity index (χ1n) is 4.74. The molecular formula is C12H19N. The molecule has 0 aromatic heterocycles. The predicted octanol–water partition coefficient (Wildman–Crippen LogP) is 3.33. The van der Waals surface area contributed by atoms with Crippen molar-refractivity contribution in [2.45, 2.75) is 33.1 Å². The predicted molar refractivity (Wildman–Crippen MR) is 59.4 cm³/mol. The van der Waals surface area contributed by atoms with Crippen LogP contribution in [0.3, 0.4) is 0 Å². The van der Waals surface area contributed by atoms with Gasteiger partial charge in [0.05, 0.1) is 0 Å². The summed E-state index contributed by atoms with van der Waals surface area (Å²) in [5.74, 6) is 0. The van der Waals surface area contributed by atoms with E-state index in [9.17, 15) is 0 Å². The van der Waals surface area contributed by atoms with Crippen molar-refractivity contribution in [3.8, 4) is 0 Å². The number of anilines is 1. The number of nitrogens with one attached hydrogen (secondary N) is 1. The summed E-state index contributed by atoms with van der Waals surface area (Å²) in [5, 5.41) is 3.17. The normalized spacial score (nSPS) is 11.5. The van der Waals surface area contributed by atoms with Gasteiger partial charge in [-0.3, -0.25) is 0 Å². The minimum atomic E-state index is 0.233. The topological polar surface area (TPSA) is 12.0 Å². The van der Waals surface area contributed by atoms with Crippen molar-refractivity contribution in [3.05, 3.63) is 29.3 Å². The van der Waals surface area contributed by atoms with Crippen LogP contribution in [0, 0.1) is 6.92 Å². The molecule has 0 aliphatic carbocycles. The molecule has 1 aromatic carbocycles. The average molecular weight is 177 g/mol. The van der Waals surface area contributed by atoms with Crippen molar-refractivity contribution < 1.29 is 0 Å². The summed E-state index contributed by atoms with van der Waals surface area (Å²) in [4.78, 5) is 0. The van der Waals surface area contributed by atoms with Crippen molar-refractivity contribution in [1.29, 1.82) is 0 Å². The molecule has 1 heteroatoms. The van der Waals surface area contributed by atoms with E-state index >= 15 is 0 Å². The van der Waals surface area contributed by atoms with Crippen LogP contribution in [0.2, 0.25) is 0 Å². The third kappa shape index (κ3) is 2.24. The lowest BCUT2D eigenvalue weighted by Crippen LogP contribution is -2.13. The molecule has 0 fully saturated rings. The Morgan fingerprint density at radius 3 is 2.23 bits per heavy atom. The number of hydrogen-bond acceptors (Lipinski definition) is 1. The molecule has 0 heterocycles. The van der Waals surface area contributed by atoms with Gasteiger partial charge in [0.25, 0.3) is 0 Å². The van der Waals surface area contributed by atoms with Crippen LogP contribution < -0.4 is 5.32 Å². The Balaban J connectivity index is 3.19. The van der Waals surface area contributed by atoms with Crippen LogP contribution in [0.1, 0.15) is 31.9 Å². The van der Waals surface area contributed by atoms with E-state index in [2.05, 4.69) is 51.2 Å². The fraction of sp³-hybridized carbons (Fsp3) is 0.500. The summed E-state index contributed by atoms with van der Waals surface area (Å²) in [6, 6.07) is 6.52. The molecular weight excluding hydrogens is 158 g/mol. The highest BCUT2D eigenvalue weighted by molar-refractivity contribution is 5.49. The molecule has 0 aliphatic heterocycles. The van der Waals surface area contributed by atoms with Gasteiger partial charge in [0.2, 0.25) is 0 Å². The fourth-order valence-corrected chi connectivity index (χ4v) is 1.59. The number of hydrogen-bond donors (Lipinski definition) is 1. The van der Waals surface area contributed by atoms with Gasteiger partial charge >= 0.3 is 0 Å². The second kappa shape index (κ2) is 3.41. The Morgan fingerprint density at radius 2 is 1.77 bits per heavy atom. The van der Waals surface area contributed by atoms with Crippen LogP contribution in [0.25, 0.3) is 0 Å². The molecule has 1 nitrogen and oxygen atoms in total. The highest BCUT2D eigenvalue weighted by Crippen LogP contribution is 2.27. The van der Waals surface area contributed by atoms with Gasteiger partial charge in [0.1, 0.15) is 0 Å². The zero-order valence-corrected chi connectivity index (χ0v) is 9.23. The molecule has 0 radical (unpaired) electrons. The molecule has 0 bridgehead atoms. The third-order valence-corrected chi connectivity index (χ3v) is 2.33. The first-order chi connectivity index (χ1) is 5.95. The van der Waals surface area contributed by atoms with Gasteiger partial charge < -0.3 is 5.32 Å². The van der Waals surface area contributed by atoms with Crippen LogP contribution in [0.4, 0.5) is 5.69 Å². The molecule has 0 saturated heterocycles. The highest BCUT2D eigenvalue weighted by Gasteiger charge is 2.15. The SMILES string of the molecule is CNc1ccc(C)c(C(C)(C)C)c1. The van der Waals surface area contributed by atoms with Crippen LogP contribution in [0.5, 0.6) is 0 Å². The third-order valence-electron chi connectivity index (χ3n) is 2.33. The second-order valence-electron chi connectivity index (χ2n) is 4.53. The largest absolute Gasteiger partial charge is 0.388 e. The number of benzene rings is 1. The standard InChI is InChI=1S/C12H19N/c1-9-6-7-10(13-5)8-11(9)12(2,3)4/h6-8,13H,1-5H3. The second-order valence-corrected chi connectivity index (χ2v) is 4.53. The van der Waals surface area contributed by atoms with Crippen molar-refractivity contribution in [2.24, 2.45) is 0 Å². The monoisotopic (exact) mass is 177 g/mol. The van der Waals surface area contributed by atoms with E-state index in [1.165, 1.54) is 16.8 Å². The smallest absolute Gasteiger partial charge is 0.0340 e. The van der Waals surface area contributed by atoms with Gasteiger partial charge in [-0.05, 0) is 35.6 Å². The van der Waals surface area contributed by atoms with Gasteiger partial charge in [-0.25, -0.2) is 0 Å². The summed E-state index contributed by atoms with van der Waals surface area (Å²) in [6.45, 7) is 8.90. The van der Waals surface area contributed by atoms with Crippen molar-refractivity contribution in [2.75, 3.05) is 12.4 Å². The van der Waals surface area contributed by atoms with Crippen LogP contribution in [-0.4, -0.2) is 7.05 Å². The fourth-order valence-electron chi connectivity index (χ4n) is 1.59. The maximum absolute atomic E-state index is 3.17. The Morgan fingerprint density at radius 1 is 1.15 bits per heavy atom.